The number of aliphatic carboxylic acids is 1. The normalized spacial score (nSPS) is 15.8. The van der Waals surface area contributed by atoms with Gasteiger partial charge in [0.15, 0.2) is 5.54 Å². The molecule has 0 saturated heterocycles. The molecule has 5 nitrogen and oxygen atoms in total. The molecule has 0 fully saturated rings. The third-order valence-electron chi connectivity index (χ3n) is 3.07. The first-order chi connectivity index (χ1) is 8.41. The summed E-state index contributed by atoms with van der Waals surface area (Å²) in [7, 11) is 1.42. The van der Waals surface area contributed by atoms with E-state index in [1.807, 2.05) is 6.92 Å². The quantitative estimate of drug-likeness (QED) is 0.662. The first kappa shape index (κ1) is 16.9. The maximum atomic E-state index is 12.0. The van der Waals surface area contributed by atoms with Crippen molar-refractivity contribution in [1.82, 2.24) is 5.32 Å². The molecule has 0 rings (SSSR count). The van der Waals surface area contributed by atoms with Crippen molar-refractivity contribution in [2.24, 2.45) is 5.92 Å². The summed E-state index contributed by atoms with van der Waals surface area (Å²) >= 11 is 0. The maximum Gasteiger partial charge on any atom is 0.331 e. The van der Waals surface area contributed by atoms with Crippen molar-refractivity contribution in [2.45, 2.75) is 52.0 Å². The molecule has 0 aromatic heterocycles. The van der Waals surface area contributed by atoms with Crippen LogP contribution in [0, 0.1) is 5.92 Å². The molecule has 1 amide bonds. The standard InChI is InChI=1S/C13H25NO4/c1-5-7-8-10(6-2)11(15)14-13(3,9-18-4)12(16)17/h10H,5-9H2,1-4H3,(H,14,15)(H,16,17). The lowest BCUT2D eigenvalue weighted by atomic mass is 9.96. The summed E-state index contributed by atoms with van der Waals surface area (Å²) in [5.41, 5.74) is -1.36. The van der Waals surface area contributed by atoms with Crippen molar-refractivity contribution in [1.29, 1.82) is 0 Å². The van der Waals surface area contributed by atoms with Crippen molar-refractivity contribution in [3.63, 3.8) is 0 Å². The molecular weight excluding hydrogens is 234 g/mol. The van der Waals surface area contributed by atoms with Gasteiger partial charge < -0.3 is 15.2 Å². The topological polar surface area (TPSA) is 75.6 Å². The molecule has 0 radical (unpaired) electrons. The van der Waals surface area contributed by atoms with Gasteiger partial charge in [-0.2, -0.15) is 0 Å². The van der Waals surface area contributed by atoms with Crippen molar-refractivity contribution < 1.29 is 19.4 Å². The van der Waals surface area contributed by atoms with E-state index in [1.165, 1.54) is 14.0 Å². The zero-order chi connectivity index (χ0) is 14.2. The number of ether oxygens (including phenoxy) is 1. The van der Waals surface area contributed by atoms with E-state index < -0.39 is 11.5 Å². The lowest BCUT2D eigenvalue weighted by molar-refractivity contribution is -0.150. The molecule has 0 saturated carbocycles. The second kappa shape index (κ2) is 8.08. The Bertz CT molecular complexity index is 280. The van der Waals surface area contributed by atoms with Crippen molar-refractivity contribution in [3.8, 4) is 0 Å². The fraction of sp³-hybridized carbons (Fsp3) is 0.846. The van der Waals surface area contributed by atoms with Crippen LogP contribution in [-0.4, -0.2) is 36.2 Å². The average Bonchev–Trinajstić information content (AvgIpc) is 2.30. The molecule has 0 aliphatic carbocycles. The molecule has 5 heteroatoms. The van der Waals surface area contributed by atoms with Crippen LogP contribution in [-0.2, 0) is 14.3 Å². The minimum atomic E-state index is -1.36. The predicted molar refractivity (Wildman–Crippen MR) is 69.4 cm³/mol. The minimum Gasteiger partial charge on any atom is -0.479 e. The fourth-order valence-electron chi connectivity index (χ4n) is 1.79. The van der Waals surface area contributed by atoms with E-state index in [0.29, 0.717) is 6.42 Å². The molecular formula is C13H25NO4. The van der Waals surface area contributed by atoms with E-state index in [2.05, 4.69) is 12.2 Å². The highest BCUT2D eigenvalue weighted by Crippen LogP contribution is 2.15. The third-order valence-corrected chi connectivity index (χ3v) is 3.07. The number of methoxy groups -OCH3 is 1. The molecule has 0 aromatic carbocycles. The van der Waals surface area contributed by atoms with Gasteiger partial charge in [0.2, 0.25) is 5.91 Å². The highest BCUT2D eigenvalue weighted by atomic mass is 16.5. The number of hydrogen-bond acceptors (Lipinski definition) is 3. The van der Waals surface area contributed by atoms with Crippen LogP contribution < -0.4 is 5.32 Å². The summed E-state index contributed by atoms with van der Waals surface area (Å²) in [5, 5.41) is 11.7. The summed E-state index contributed by atoms with van der Waals surface area (Å²) in [6.45, 7) is 5.42. The average molecular weight is 259 g/mol. The first-order valence-corrected chi connectivity index (χ1v) is 6.45. The molecule has 2 unspecified atom stereocenters. The monoisotopic (exact) mass is 259 g/mol. The highest BCUT2D eigenvalue weighted by Gasteiger charge is 2.36. The zero-order valence-electron chi connectivity index (χ0n) is 11.8. The molecule has 18 heavy (non-hydrogen) atoms. The van der Waals surface area contributed by atoms with Crippen LogP contribution in [0.15, 0.2) is 0 Å². The zero-order valence-corrected chi connectivity index (χ0v) is 11.8. The molecule has 0 aromatic rings. The van der Waals surface area contributed by atoms with Crippen molar-refractivity contribution in [2.75, 3.05) is 13.7 Å². The largest absolute Gasteiger partial charge is 0.479 e. The van der Waals surface area contributed by atoms with Gasteiger partial charge in [-0.3, -0.25) is 4.79 Å². The van der Waals surface area contributed by atoms with Crippen LogP contribution in [0.1, 0.15) is 46.5 Å². The first-order valence-electron chi connectivity index (χ1n) is 6.45. The summed E-state index contributed by atoms with van der Waals surface area (Å²) in [6, 6.07) is 0. The van der Waals surface area contributed by atoms with E-state index in [4.69, 9.17) is 9.84 Å². The third kappa shape index (κ3) is 5.04. The maximum absolute atomic E-state index is 12.0. The molecule has 0 bridgehead atoms. The van der Waals surface area contributed by atoms with E-state index >= 15 is 0 Å². The SMILES string of the molecule is CCCCC(CC)C(=O)NC(C)(COC)C(=O)O. The van der Waals surface area contributed by atoms with Gasteiger partial charge in [-0.1, -0.05) is 26.7 Å². The number of nitrogens with one attached hydrogen (secondary N) is 1. The molecule has 2 atom stereocenters. The van der Waals surface area contributed by atoms with Crippen LogP contribution in [0.4, 0.5) is 0 Å². The Morgan fingerprint density at radius 1 is 1.39 bits per heavy atom. The van der Waals surface area contributed by atoms with Crippen LogP contribution in [0.3, 0.4) is 0 Å². The molecule has 0 heterocycles. The predicted octanol–water partition coefficient (Wildman–Crippen LogP) is 1.81. The molecule has 0 spiro atoms. The summed E-state index contributed by atoms with van der Waals surface area (Å²) < 4.78 is 4.87. The van der Waals surface area contributed by atoms with Crippen LogP contribution in [0.25, 0.3) is 0 Å². The van der Waals surface area contributed by atoms with E-state index in [-0.39, 0.29) is 18.4 Å². The number of carboxylic acids is 1. The van der Waals surface area contributed by atoms with Gasteiger partial charge in [-0.05, 0) is 19.8 Å². The number of amides is 1. The number of carbonyl (C=O) groups excluding carboxylic acids is 1. The Balaban J connectivity index is 4.61. The van der Waals surface area contributed by atoms with Gasteiger partial charge >= 0.3 is 5.97 Å². The molecule has 106 valence electrons. The summed E-state index contributed by atoms with van der Waals surface area (Å²) in [4.78, 5) is 23.2. The lowest BCUT2D eigenvalue weighted by Gasteiger charge is -2.27. The van der Waals surface area contributed by atoms with Gasteiger partial charge in [0.25, 0.3) is 0 Å². The number of carbonyl (C=O) groups is 2. The second-order valence-corrected chi connectivity index (χ2v) is 4.81. The minimum absolute atomic E-state index is 0.0434. The van der Waals surface area contributed by atoms with Gasteiger partial charge in [-0.25, -0.2) is 4.79 Å². The van der Waals surface area contributed by atoms with Gasteiger partial charge in [0.1, 0.15) is 0 Å². The molecule has 0 aliphatic heterocycles. The van der Waals surface area contributed by atoms with Gasteiger partial charge in [0.05, 0.1) is 6.61 Å². The second-order valence-electron chi connectivity index (χ2n) is 4.81. The Morgan fingerprint density at radius 2 is 2.00 bits per heavy atom. The Hall–Kier alpha value is -1.10. The summed E-state index contributed by atoms with van der Waals surface area (Å²) in [6.07, 6.45) is 3.51. The Labute approximate surface area is 109 Å². The fourth-order valence-corrected chi connectivity index (χ4v) is 1.79. The number of hydrogen-bond donors (Lipinski definition) is 2. The smallest absolute Gasteiger partial charge is 0.331 e. The van der Waals surface area contributed by atoms with Crippen molar-refractivity contribution in [3.05, 3.63) is 0 Å². The van der Waals surface area contributed by atoms with Crippen LogP contribution >= 0.6 is 0 Å². The summed E-state index contributed by atoms with van der Waals surface area (Å²) in [5.74, 6) is -1.41. The van der Waals surface area contributed by atoms with Gasteiger partial charge in [-0.15, -0.1) is 0 Å². The molecule has 0 aliphatic rings. The van der Waals surface area contributed by atoms with Gasteiger partial charge in [0, 0.05) is 13.0 Å². The highest BCUT2D eigenvalue weighted by molar-refractivity contribution is 5.87. The Kier molecular flexibility index (Phi) is 7.59. The number of unbranched alkanes of at least 4 members (excludes halogenated alkanes) is 1. The van der Waals surface area contributed by atoms with Crippen LogP contribution in [0.2, 0.25) is 0 Å². The van der Waals surface area contributed by atoms with E-state index in [9.17, 15) is 9.59 Å². The Morgan fingerprint density at radius 3 is 2.39 bits per heavy atom. The lowest BCUT2D eigenvalue weighted by Crippen LogP contribution is -2.56. The van der Waals surface area contributed by atoms with E-state index in [1.54, 1.807) is 0 Å². The number of carboxylic acid groups (broad SMARTS) is 1. The number of rotatable bonds is 9. The molecule has 2 N–H and O–H groups in total. The van der Waals surface area contributed by atoms with Crippen molar-refractivity contribution >= 4 is 11.9 Å². The van der Waals surface area contributed by atoms with Crippen LogP contribution in [0.5, 0.6) is 0 Å². The van der Waals surface area contributed by atoms with E-state index in [0.717, 1.165) is 19.3 Å².